The topological polar surface area (TPSA) is 42.4 Å². The summed E-state index contributed by atoms with van der Waals surface area (Å²) >= 11 is 5.13. The van der Waals surface area contributed by atoms with E-state index >= 15 is 0 Å². The maximum atomic E-state index is 10.3. The number of hydrogen-bond donors (Lipinski definition) is 1. The van der Waals surface area contributed by atoms with Gasteiger partial charge in [-0.05, 0) is 30.2 Å². The monoisotopic (exact) mass is 353 g/mol. The second-order valence-electron chi connectivity index (χ2n) is 5.10. The van der Waals surface area contributed by atoms with Gasteiger partial charge in [0.15, 0.2) is 0 Å². The number of fused-ring (bicyclic) bond motifs is 1. The van der Waals surface area contributed by atoms with E-state index in [0.29, 0.717) is 12.8 Å². The van der Waals surface area contributed by atoms with Crippen LogP contribution in [-0.4, -0.2) is 22.8 Å². The van der Waals surface area contributed by atoms with Crippen molar-refractivity contribution in [1.29, 1.82) is 0 Å². The lowest BCUT2D eigenvalue weighted by Crippen LogP contribution is -2.14. The molecule has 0 saturated carbocycles. The van der Waals surface area contributed by atoms with Gasteiger partial charge in [0, 0.05) is 34.8 Å². The largest absolute Gasteiger partial charge is 0.493 e. The fourth-order valence-electron chi connectivity index (χ4n) is 2.52. The van der Waals surface area contributed by atoms with Gasteiger partial charge in [-0.25, -0.2) is 4.98 Å². The van der Waals surface area contributed by atoms with Gasteiger partial charge in [0.1, 0.15) is 5.75 Å². The zero-order valence-electron chi connectivity index (χ0n) is 11.2. The Morgan fingerprint density at radius 2 is 2.30 bits per heavy atom. The third kappa shape index (κ3) is 3.05. The third-order valence-electron chi connectivity index (χ3n) is 3.36. The lowest BCUT2D eigenvalue weighted by Gasteiger charge is -2.13. The smallest absolute Gasteiger partial charge is 0.125 e. The maximum absolute atomic E-state index is 10.3. The van der Waals surface area contributed by atoms with Gasteiger partial charge in [0.2, 0.25) is 0 Å². The Balaban J connectivity index is 1.74. The molecule has 1 aromatic carbocycles. The zero-order chi connectivity index (χ0) is 14.1. The number of aryl methyl sites for hydroxylation is 1. The van der Waals surface area contributed by atoms with Crippen LogP contribution in [0.5, 0.6) is 5.75 Å². The molecular formula is C15H16BrNO2S. The Labute approximate surface area is 130 Å². The van der Waals surface area contributed by atoms with Crippen molar-refractivity contribution < 1.29 is 9.84 Å². The summed E-state index contributed by atoms with van der Waals surface area (Å²) in [6.45, 7) is 2.71. The molecule has 2 heterocycles. The van der Waals surface area contributed by atoms with Gasteiger partial charge in [-0.1, -0.05) is 15.9 Å². The normalized spacial score (nSPS) is 14.9. The molecule has 0 bridgehead atoms. The number of ether oxygens (including phenoxy) is 1. The van der Waals surface area contributed by atoms with Crippen molar-refractivity contribution in [1.82, 2.24) is 4.98 Å². The van der Waals surface area contributed by atoms with Crippen molar-refractivity contribution >= 4 is 27.3 Å². The number of hydrogen-bond acceptors (Lipinski definition) is 4. The first-order valence-corrected chi connectivity index (χ1v) is 8.32. The van der Waals surface area contributed by atoms with Crippen LogP contribution in [0.4, 0.5) is 0 Å². The summed E-state index contributed by atoms with van der Waals surface area (Å²) in [4.78, 5) is 4.40. The molecule has 3 rings (SSSR count). The number of nitrogens with zero attached hydrogens (tertiary/aromatic N) is 1. The standard InChI is InChI=1S/C15H16BrNO2S/c1-9-8-20-14(17-9)7-13(18)6-11-5-12(16)4-10-2-3-19-15(10)11/h4-5,8,13,18H,2-3,6-7H2,1H3. The summed E-state index contributed by atoms with van der Waals surface area (Å²) in [6.07, 6.45) is 1.71. The molecule has 2 aromatic rings. The number of aromatic nitrogens is 1. The van der Waals surface area contributed by atoms with E-state index in [1.54, 1.807) is 11.3 Å². The molecule has 1 unspecified atom stereocenters. The van der Waals surface area contributed by atoms with Crippen LogP contribution in [0.15, 0.2) is 22.0 Å². The molecule has 0 saturated heterocycles. The summed E-state index contributed by atoms with van der Waals surface area (Å²) < 4.78 is 6.74. The van der Waals surface area contributed by atoms with Crippen LogP contribution in [0.25, 0.3) is 0 Å². The molecule has 1 atom stereocenters. The average molecular weight is 354 g/mol. The molecule has 0 fully saturated rings. The number of aliphatic hydroxyl groups is 1. The minimum absolute atomic E-state index is 0.428. The SMILES string of the molecule is Cc1csc(CC(O)Cc2cc(Br)cc3c2OCC3)n1. The average Bonchev–Trinajstić information content (AvgIpc) is 2.98. The molecule has 3 nitrogen and oxygen atoms in total. The second kappa shape index (κ2) is 5.84. The van der Waals surface area contributed by atoms with Crippen LogP contribution in [-0.2, 0) is 19.3 Å². The Hall–Kier alpha value is -0.910. The molecule has 1 aliphatic rings. The van der Waals surface area contributed by atoms with E-state index in [1.165, 1.54) is 5.56 Å². The van der Waals surface area contributed by atoms with E-state index in [4.69, 9.17) is 4.74 Å². The summed E-state index contributed by atoms with van der Waals surface area (Å²) in [5, 5.41) is 13.3. The predicted molar refractivity (Wildman–Crippen MR) is 83.6 cm³/mol. The van der Waals surface area contributed by atoms with E-state index in [1.807, 2.05) is 18.4 Å². The van der Waals surface area contributed by atoms with Crippen LogP contribution >= 0.6 is 27.3 Å². The van der Waals surface area contributed by atoms with Crippen LogP contribution in [0.2, 0.25) is 0 Å². The molecule has 0 amide bonds. The Bertz CT molecular complexity index is 626. The molecule has 1 aromatic heterocycles. The number of thiazole rings is 1. The summed E-state index contributed by atoms with van der Waals surface area (Å²) in [7, 11) is 0. The first kappa shape index (κ1) is 14.0. The van der Waals surface area contributed by atoms with Gasteiger partial charge in [-0.3, -0.25) is 0 Å². The van der Waals surface area contributed by atoms with E-state index in [0.717, 1.165) is 39.5 Å². The first-order valence-electron chi connectivity index (χ1n) is 6.65. The van der Waals surface area contributed by atoms with Gasteiger partial charge < -0.3 is 9.84 Å². The Morgan fingerprint density at radius 1 is 1.45 bits per heavy atom. The number of halogens is 1. The van der Waals surface area contributed by atoms with Crippen molar-refractivity contribution in [2.75, 3.05) is 6.61 Å². The first-order chi connectivity index (χ1) is 9.61. The quantitative estimate of drug-likeness (QED) is 0.916. The van der Waals surface area contributed by atoms with Gasteiger partial charge >= 0.3 is 0 Å². The van der Waals surface area contributed by atoms with E-state index < -0.39 is 6.10 Å². The summed E-state index contributed by atoms with van der Waals surface area (Å²) in [6, 6.07) is 4.14. The lowest BCUT2D eigenvalue weighted by molar-refractivity contribution is 0.174. The fraction of sp³-hybridized carbons (Fsp3) is 0.400. The van der Waals surface area contributed by atoms with Crippen LogP contribution in [0.3, 0.4) is 0 Å². The molecule has 1 N–H and O–H groups in total. The van der Waals surface area contributed by atoms with E-state index in [2.05, 4.69) is 27.0 Å². The highest BCUT2D eigenvalue weighted by Gasteiger charge is 2.20. The van der Waals surface area contributed by atoms with Crippen molar-refractivity contribution in [3.8, 4) is 5.75 Å². The minimum atomic E-state index is -0.428. The molecule has 1 aliphatic heterocycles. The third-order valence-corrected chi connectivity index (χ3v) is 4.80. The van der Waals surface area contributed by atoms with Gasteiger partial charge in [0.05, 0.1) is 17.7 Å². The molecule has 5 heteroatoms. The highest BCUT2D eigenvalue weighted by molar-refractivity contribution is 9.10. The second-order valence-corrected chi connectivity index (χ2v) is 6.95. The highest BCUT2D eigenvalue weighted by Crippen LogP contribution is 2.34. The molecule has 106 valence electrons. The predicted octanol–water partition coefficient (Wildman–Crippen LogP) is 3.30. The molecule has 0 radical (unpaired) electrons. The zero-order valence-corrected chi connectivity index (χ0v) is 13.6. The van der Waals surface area contributed by atoms with Crippen molar-refractivity contribution in [2.24, 2.45) is 0 Å². The fourth-order valence-corrected chi connectivity index (χ4v) is 3.92. The molecule has 0 aliphatic carbocycles. The molecule has 20 heavy (non-hydrogen) atoms. The van der Waals surface area contributed by atoms with Crippen molar-refractivity contribution in [3.05, 3.63) is 43.8 Å². The minimum Gasteiger partial charge on any atom is -0.493 e. The van der Waals surface area contributed by atoms with Crippen LogP contribution in [0.1, 0.15) is 21.8 Å². The lowest BCUT2D eigenvalue weighted by atomic mass is 10.0. The van der Waals surface area contributed by atoms with Crippen LogP contribution < -0.4 is 4.74 Å². The van der Waals surface area contributed by atoms with Gasteiger partial charge in [-0.2, -0.15) is 0 Å². The van der Waals surface area contributed by atoms with Crippen molar-refractivity contribution in [3.63, 3.8) is 0 Å². The highest BCUT2D eigenvalue weighted by atomic mass is 79.9. The number of rotatable bonds is 4. The summed E-state index contributed by atoms with van der Waals surface area (Å²) in [5.74, 6) is 0.961. The van der Waals surface area contributed by atoms with Gasteiger partial charge in [-0.15, -0.1) is 11.3 Å². The van der Waals surface area contributed by atoms with Crippen LogP contribution in [0, 0.1) is 6.92 Å². The molecular weight excluding hydrogens is 338 g/mol. The van der Waals surface area contributed by atoms with Gasteiger partial charge in [0.25, 0.3) is 0 Å². The van der Waals surface area contributed by atoms with E-state index in [9.17, 15) is 5.11 Å². The maximum Gasteiger partial charge on any atom is 0.125 e. The Kier molecular flexibility index (Phi) is 4.10. The Morgan fingerprint density at radius 3 is 3.05 bits per heavy atom. The number of aliphatic hydroxyl groups excluding tert-OH is 1. The van der Waals surface area contributed by atoms with E-state index in [-0.39, 0.29) is 0 Å². The summed E-state index contributed by atoms with van der Waals surface area (Å²) in [5.41, 5.74) is 3.32. The number of benzene rings is 1. The molecule has 0 spiro atoms. The van der Waals surface area contributed by atoms with Crippen molar-refractivity contribution in [2.45, 2.75) is 32.3 Å².